The van der Waals surface area contributed by atoms with E-state index in [-0.39, 0.29) is 12.5 Å². The Hall–Kier alpha value is -2.49. The summed E-state index contributed by atoms with van der Waals surface area (Å²) in [6, 6.07) is 16.2. The van der Waals surface area contributed by atoms with E-state index in [1.165, 1.54) is 0 Å². The quantitative estimate of drug-likeness (QED) is 0.708. The zero-order valence-corrected chi connectivity index (χ0v) is 16.5. The monoisotopic (exact) mass is 354 g/mol. The van der Waals surface area contributed by atoms with Crippen LogP contribution in [0.5, 0.6) is 5.75 Å². The van der Waals surface area contributed by atoms with Gasteiger partial charge in [-0.1, -0.05) is 44.2 Å². The first-order valence-corrected chi connectivity index (χ1v) is 9.14. The number of amides is 1. The lowest BCUT2D eigenvalue weighted by Gasteiger charge is -2.20. The van der Waals surface area contributed by atoms with Crippen LogP contribution in [0.25, 0.3) is 0 Å². The van der Waals surface area contributed by atoms with Crippen LogP contribution in [0.3, 0.4) is 0 Å². The summed E-state index contributed by atoms with van der Waals surface area (Å²) in [5, 5.41) is 0. The smallest absolute Gasteiger partial charge is 0.260 e. The highest BCUT2D eigenvalue weighted by Gasteiger charge is 2.14. The summed E-state index contributed by atoms with van der Waals surface area (Å²) in [6.45, 7) is 4.96. The maximum atomic E-state index is 12.4. The standard InChI is InChI=1S/C22H30N2O2/c1-6-17(2)20-9-7-8-10-21(20)26-16-22(25)24(5)15-18-11-13-19(14-12-18)23(3)4/h7-14,17H,6,15-16H2,1-5H3. The van der Waals surface area contributed by atoms with E-state index in [9.17, 15) is 4.79 Å². The minimum Gasteiger partial charge on any atom is -0.483 e. The van der Waals surface area contributed by atoms with Crippen molar-refractivity contribution in [1.29, 1.82) is 0 Å². The van der Waals surface area contributed by atoms with Crippen molar-refractivity contribution in [3.05, 3.63) is 59.7 Å². The van der Waals surface area contributed by atoms with Gasteiger partial charge in [-0.05, 0) is 41.7 Å². The van der Waals surface area contributed by atoms with Crippen LogP contribution in [-0.2, 0) is 11.3 Å². The highest BCUT2D eigenvalue weighted by atomic mass is 16.5. The van der Waals surface area contributed by atoms with E-state index in [0.717, 1.165) is 29.0 Å². The summed E-state index contributed by atoms with van der Waals surface area (Å²) in [7, 11) is 5.84. The summed E-state index contributed by atoms with van der Waals surface area (Å²) in [5.41, 5.74) is 3.41. The molecule has 0 aromatic heterocycles. The molecular formula is C22H30N2O2. The van der Waals surface area contributed by atoms with E-state index in [1.54, 1.807) is 4.90 Å². The molecule has 140 valence electrons. The predicted molar refractivity (Wildman–Crippen MR) is 108 cm³/mol. The van der Waals surface area contributed by atoms with Gasteiger partial charge in [0.2, 0.25) is 0 Å². The summed E-state index contributed by atoms with van der Waals surface area (Å²) >= 11 is 0. The zero-order chi connectivity index (χ0) is 19.1. The van der Waals surface area contributed by atoms with Gasteiger partial charge in [0.15, 0.2) is 6.61 Å². The molecule has 4 nitrogen and oxygen atoms in total. The number of anilines is 1. The fourth-order valence-corrected chi connectivity index (χ4v) is 2.75. The maximum Gasteiger partial charge on any atom is 0.260 e. The average molecular weight is 354 g/mol. The third kappa shape index (κ3) is 5.25. The van der Waals surface area contributed by atoms with Crippen LogP contribution < -0.4 is 9.64 Å². The minimum absolute atomic E-state index is 0.0272. The Bertz CT molecular complexity index is 710. The Morgan fingerprint density at radius 1 is 1.04 bits per heavy atom. The van der Waals surface area contributed by atoms with Gasteiger partial charge in [-0.2, -0.15) is 0 Å². The number of nitrogens with zero attached hydrogens (tertiary/aromatic N) is 2. The maximum absolute atomic E-state index is 12.4. The fraction of sp³-hybridized carbons (Fsp3) is 0.409. The van der Waals surface area contributed by atoms with E-state index in [2.05, 4.69) is 49.1 Å². The molecule has 0 fully saturated rings. The van der Waals surface area contributed by atoms with Crippen LogP contribution in [-0.4, -0.2) is 38.6 Å². The predicted octanol–water partition coefficient (Wildman–Crippen LogP) is 4.30. The number of carbonyl (C=O) groups excluding carboxylic acids is 1. The SMILES string of the molecule is CCC(C)c1ccccc1OCC(=O)N(C)Cc1ccc(N(C)C)cc1. The first kappa shape index (κ1) is 19.8. The van der Waals surface area contributed by atoms with E-state index in [1.807, 2.05) is 39.3 Å². The molecule has 0 N–H and O–H groups in total. The molecule has 2 aromatic rings. The number of hydrogen-bond acceptors (Lipinski definition) is 3. The highest BCUT2D eigenvalue weighted by molar-refractivity contribution is 5.77. The van der Waals surface area contributed by atoms with Crippen molar-refractivity contribution in [3.8, 4) is 5.75 Å². The van der Waals surface area contributed by atoms with E-state index in [0.29, 0.717) is 12.5 Å². The molecule has 26 heavy (non-hydrogen) atoms. The lowest BCUT2D eigenvalue weighted by molar-refractivity contribution is -0.132. The molecule has 0 spiro atoms. The molecule has 0 radical (unpaired) electrons. The van der Waals surface area contributed by atoms with Crippen LogP contribution in [0, 0.1) is 0 Å². The van der Waals surface area contributed by atoms with Crippen molar-refractivity contribution >= 4 is 11.6 Å². The first-order chi connectivity index (χ1) is 12.4. The summed E-state index contributed by atoms with van der Waals surface area (Å²) in [5.74, 6) is 1.19. The fourth-order valence-electron chi connectivity index (χ4n) is 2.75. The van der Waals surface area contributed by atoms with Crippen molar-refractivity contribution in [3.63, 3.8) is 0 Å². The van der Waals surface area contributed by atoms with Gasteiger partial charge in [-0.3, -0.25) is 4.79 Å². The second-order valence-corrected chi connectivity index (χ2v) is 6.95. The van der Waals surface area contributed by atoms with Crippen LogP contribution >= 0.6 is 0 Å². The van der Waals surface area contributed by atoms with Crippen molar-refractivity contribution in [1.82, 2.24) is 4.90 Å². The number of carbonyl (C=O) groups is 1. The third-order valence-corrected chi connectivity index (χ3v) is 4.71. The number of likely N-dealkylation sites (N-methyl/N-ethyl adjacent to an activating group) is 1. The molecule has 2 aromatic carbocycles. The van der Waals surface area contributed by atoms with Crippen LogP contribution in [0.2, 0.25) is 0 Å². The van der Waals surface area contributed by atoms with E-state index in [4.69, 9.17) is 4.74 Å². The topological polar surface area (TPSA) is 32.8 Å². The van der Waals surface area contributed by atoms with Crippen molar-refractivity contribution < 1.29 is 9.53 Å². The lowest BCUT2D eigenvalue weighted by atomic mass is 9.98. The minimum atomic E-state index is -0.0272. The van der Waals surface area contributed by atoms with Gasteiger partial charge >= 0.3 is 0 Å². The largest absolute Gasteiger partial charge is 0.483 e. The Morgan fingerprint density at radius 2 is 1.69 bits per heavy atom. The van der Waals surface area contributed by atoms with Crippen LogP contribution in [0.15, 0.2) is 48.5 Å². The van der Waals surface area contributed by atoms with Gasteiger partial charge in [0.25, 0.3) is 5.91 Å². The number of rotatable bonds is 8. The summed E-state index contributed by atoms with van der Waals surface area (Å²) < 4.78 is 5.83. The lowest BCUT2D eigenvalue weighted by Crippen LogP contribution is -2.31. The molecule has 4 heteroatoms. The van der Waals surface area contributed by atoms with E-state index >= 15 is 0 Å². The molecule has 1 unspecified atom stereocenters. The van der Waals surface area contributed by atoms with Gasteiger partial charge in [-0.25, -0.2) is 0 Å². The zero-order valence-electron chi connectivity index (χ0n) is 16.5. The van der Waals surface area contributed by atoms with Crippen molar-refractivity contribution in [2.45, 2.75) is 32.7 Å². The molecule has 0 aliphatic carbocycles. The van der Waals surface area contributed by atoms with Crippen LogP contribution in [0.4, 0.5) is 5.69 Å². The normalized spacial score (nSPS) is 11.7. The molecule has 0 saturated heterocycles. The second kappa shape index (κ2) is 9.27. The van der Waals surface area contributed by atoms with Gasteiger partial charge in [-0.15, -0.1) is 0 Å². The summed E-state index contributed by atoms with van der Waals surface area (Å²) in [6.07, 6.45) is 1.04. The van der Waals surface area contributed by atoms with Gasteiger partial charge < -0.3 is 14.5 Å². The summed E-state index contributed by atoms with van der Waals surface area (Å²) in [4.78, 5) is 16.2. The van der Waals surface area contributed by atoms with Crippen molar-refractivity contribution in [2.24, 2.45) is 0 Å². The number of ether oxygens (including phenoxy) is 1. The number of benzene rings is 2. The molecule has 0 bridgehead atoms. The van der Waals surface area contributed by atoms with E-state index < -0.39 is 0 Å². The van der Waals surface area contributed by atoms with Crippen molar-refractivity contribution in [2.75, 3.05) is 32.6 Å². The number of hydrogen-bond donors (Lipinski definition) is 0. The molecule has 1 amide bonds. The Balaban J connectivity index is 1.93. The molecule has 2 rings (SSSR count). The molecular weight excluding hydrogens is 324 g/mol. The molecule has 1 atom stereocenters. The Kier molecular flexibility index (Phi) is 7.07. The molecule has 0 heterocycles. The third-order valence-electron chi connectivity index (χ3n) is 4.71. The first-order valence-electron chi connectivity index (χ1n) is 9.14. The average Bonchev–Trinajstić information content (AvgIpc) is 2.66. The molecule has 0 saturated carbocycles. The molecule has 0 aliphatic rings. The van der Waals surface area contributed by atoms with Gasteiger partial charge in [0, 0.05) is 33.4 Å². The Labute approximate surface area is 157 Å². The highest BCUT2D eigenvalue weighted by Crippen LogP contribution is 2.28. The van der Waals surface area contributed by atoms with Gasteiger partial charge in [0.1, 0.15) is 5.75 Å². The Morgan fingerprint density at radius 3 is 2.31 bits per heavy atom. The molecule has 0 aliphatic heterocycles. The second-order valence-electron chi connectivity index (χ2n) is 6.95. The van der Waals surface area contributed by atoms with Gasteiger partial charge in [0.05, 0.1) is 0 Å². The number of para-hydroxylation sites is 1. The van der Waals surface area contributed by atoms with Crippen LogP contribution in [0.1, 0.15) is 37.3 Å².